The van der Waals surface area contributed by atoms with Crippen LogP contribution in [0.5, 0.6) is 5.75 Å². The molecule has 0 aromatic heterocycles. The molecule has 0 atom stereocenters. The number of aromatic hydroxyl groups is 1. The number of para-hydroxylation sites is 1. The Labute approximate surface area is 86.8 Å². The third-order valence-electron chi connectivity index (χ3n) is 1.66. The molecule has 0 fully saturated rings. The zero-order valence-corrected chi connectivity index (χ0v) is 8.46. The van der Waals surface area contributed by atoms with E-state index in [9.17, 15) is 9.90 Å². The number of benzene rings is 1. The summed E-state index contributed by atoms with van der Waals surface area (Å²) in [6.45, 7) is 0. The van der Waals surface area contributed by atoms with E-state index < -0.39 is 5.97 Å². The van der Waals surface area contributed by atoms with Crippen LogP contribution in [0.2, 0.25) is 0 Å². The number of carbonyl (C=O) groups is 1. The van der Waals surface area contributed by atoms with E-state index in [4.69, 9.17) is 5.11 Å². The highest BCUT2D eigenvalue weighted by Gasteiger charge is 2.01. The Morgan fingerprint density at radius 3 is 2.71 bits per heavy atom. The number of carboxylic acids is 1. The minimum atomic E-state index is -0.775. The van der Waals surface area contributed by atoms with E-state index in [-0.39, 0.29) is 12.2 Å². The van der Waals surface area contributed by atoms with Gasteiger partial charge in [0.15, 0.2) is 0 Å². The maximum Gasteiger partial charge on any atom is 0.303 e. The molecule has 0 aliphatic carbocycles. The number of carboxylic acid groups (broad SMARTS) is 1. The van der Waals surface area contributed by atoms with Crippen molar-refractivity contribution in [1.29, 1.82) is 0 Å². The van der Waals surface area contributed by atoms with Crippen molar-refractivity contribution in [3.63, 3.8) is 0 Å². The van der Waals surface area contributed by atoms with Crippen molar-refractivity contribution in [3.05, 3.63) is 24.3 Å². The quantitative estimate of drug-likeness (QED) is 0.581. The van der Waals surface area contributed by atoms with Crippen LogP contribution in [0.25, 0.3) is 0 Å². The van der Waals surface area contributed by atoms with Gasteiger partial charge in [-0.15, -0.1) is 11.8 Å². The van der Waals surface area contributed by atoms with E-state index in [2.05, 4.69) is 0 Å². The SMILES string of the molecule is O=C(O)CCCSc1ccccc1O. The van der Waals surface area contributed by atoms with Crippen LogP contribution < -0.4 is 0 Å². The second-order valence-corrected chi connectivity index (χ2v) is 3.95. The van der Waals surface area contributed by atoms with Crippen LogP contribution in [0.4, 0.5) is 0 Å². The molecule has 1 rings (SSSR count). The van der Waals surface area contributed by atoms with Crippen molar-refractivity contribution in [2.24, 2.45) is 0 Å². The van der Waals surface area contributed by atoms with Gasteiger partial charge in [-0.1, -0.05) is 12.1 Å². The predicted molar refractivity (Wildman–Crippen MR) is 55.7 cm³/mol. The Kier molecular flexibility index (Phi) is 4.32. The molecular weight excluding hydrogens is 200 g/mol. The van der Waals surface area contributed by atoms with Crippen molar-refractivity contribution >= 4 is 17.7 Å². The Balaban J connectivity index is 2.31. The summed E-state index contributed by atoms with van der Waals surface area (Å²) in [5.74, 6) is 0.194. The third-order valence-corrected chi connectivity index (χ3v) is 2.81. The van der Waals surface area contributed by atoms with Gasteiger partial charge in [0, 0.05) is 11.3 Å². The summed E-state index contributed by atoms with van der Waals surface area (Å²) in [5.41, 5.74) is 0. The van der Waals surface area contributed by atoms with Crippen molar-refractivity contribution in [2.75, 3.05) is 5.75 Å². The van der Waals surface area contributed by atoms with Gasteiger partial charge < -0.3 is 10.2 Å². The van der Waals surface area contributed by atoms with Gasteiger partial charge >= 0.3 is 5.97 Å². The van der Waals surface area contributed by atoms with Gasteiger partial charge in [-0.3, -0.25) is 4.79 Å². The third kappa shape index (κ3) is 3.70. The summed E-state index contributed by atoms with van der Waals surface area (Å²) in [7, 11) is 0. The summed E-state index contributed by atoms with van der Waals surface area (Å²) in [6, 6.07) is 7.05. The molecule has 14 heavy (non-hydrogen) atoms. The van der Waals surface area contributed by atoms with Crippen molar-refractivity contribution in [3.8, 4) is 5.75 Å². The van der Waals surface area contributed by atoms with Gasteiger partial charge in [0.05, 0.1) is 0 Å². The molecule has 1 aromatic rings. The van der Waals surface area contributed by atoms with E-state index >= 15 is 0 Å². The summed E-state index contributed by atoms with van der Waals surface area (Å²) in [5, 5.41) is 17.8. The van der Waals surface area contributed by atoms with Crippen molar-refractivity contribution in [1.82, 2.24) is 0 Å². The van der Waals surface area contributed by atoms with Gasteiger partial charge in [-0.25, -0.2) is 0 Å². The molecular formula is C10H12O3S. The molecule has 2 N–H and O–H groups in total. The Hall–Kier alpha value is -1.16. The number of phenols is 1. The van der Waals surface area contributed by atoms with Gasteiger partial charge in [0.1, 0.15) is 5.75 Å². The zero-order chi connectivity index (χ0) is 10.4. The molecule has 0 spiro atoms. The highest BCUT2D eigenvalue weighted by molar-refractivity contribution is 7.99. The summed E-state index contributed by atoms with van der Waals surface area (Å²) >= 11 is 1.48. The number of hydrogen-bond acceptors (Lipinski definition) is 3. The van der Waals surface area contributed by atoms with Gasteiger partial charge in [-0.2, -0.15) is 0 Å². The van der Waals surface area contributed by atoms with Crippen LogP contribution >= 0.6 is 11.8 Å². The Morgan fingerprint density at radius 2 is 2.07 bits per heavy atom. The van der Waals surface area contributed by atoms with E-state index in [1.807, 2.05) is 12.1 Å². The lowest BCUT2D eigenvalue weighted by Gasteiger charge is -2.02. The fourth-order valence-corrected chi connectivity index (χ4v) is 1.88. The lowest BCUT2D eigenvalue weighted by molar-refractivity contribution is -0.137. The van der Waals surface area contributed by atoms with Crippen LogP contribution in [0.1, 0.15) is 12.8 Å². The molecule has 0 saturated heterocycles. The van der Waals surface area contributed by atoms with Crippen LogP contribution in [0.15, 0.2) is 29.2 Å². The summed E-state index contributed by atoms with van der Waals surface area (Å²) < 4.78 is 0. The molecule has 4 heteroatoms. The number of phenolic OH excluding ortho intramolecular Hbond substituents is 1. The molecule has 0 aliphatic heterocycles. The van der Waals surface area contributed by atoms with Crippen LogP contribution in [-0.4, -0.2) is 21.9 Å². The molecule has 0 aliphatic rings. The standard InChI is InChI=1S/C10H12O3S/c11-8-4-1-2-5-9(8)14-7-3-6-10(12)13/h1-2,4-5,11H,3,6-7H2,(H,12,13). The first-order chi connectivity index (χ1) is 6.70. The number of aliphatic carboxylic acids is 1. The zero-order valence-electron chi connectivity index (χ0n) is 7.64. The highest BCUT2D eigenvalue weighted by Crippen LogP contribution is 2.28. The lowest BCUT2D eigenvalue weighted by Crippen LogP contribution is -1.94. The molecule has 0 amide bonds. The maximum atomic E-state index is 10.2. The summed E-state index contributed by atoms with van der Waals surface area (Å²) in [4.78, 5) is 11.0. The van der Waals surface area contributed by atoms with Gasteiger partial charge in [0.25, 0.3) is 0 Å². The fourth-order valence-electron chi connectivity index (χ4n) is 0.985. The molecule has 3 nitrogen and oxygen atoms in total. The van der Waals surface area contributed by atoms with E-state index in [1.54, 1.807) is 12.1 Å². The van der Waals surface area contributed by atoms with Gasteiger partial charge in [-0.05, 0) is 24.3 Å². The molecule has 0 bridgehead atoms. The van der Waals surface area contributed by atoms with Crippen LogP contribution in [-0.2, 0) is 4.79 Å². The van der Waals surface area contributed by atoms with Crippen LogP contribution in [0.3, 0.4) is 0 Å². The minimum absolute atomic E-state index is 0.181. The second kappa shape index (κ2) is 5.54. The molecule has 0 radical (unpaired) electrons. The normalized spacial score (nSPS) is 10.0. The molecule has 0 unspecified atom stereocenters. The largest absolute Gasteiger partial charge is 0.507 e. The van der Waals surface area contributed by atoms with E-state index in [0.717, 1.165) is 4.90 Å². The molecule has 1 aromatic carbocycles. The van der Waals surface area contributed by atoms with Crippen LogP contribution in [0, 0.1) is 0 Å². The first-order valence-electron chi connectivity index (χ1n) is 4.33. The monoisotopic (exact) mass is 212 g/mol. The second-order valence-electron chi connectivity index (χ2n) is 2.81. The summed E-state index contributed by atoms with van der Waals surface area (Å²) in [6.07, 6.45) is 0.801. The number of thioether (sulfide) groups is 1. The fraction of sp³-hybridized carbons (Fsp3) is 0.300. The topological polar surface area (TPSA) is 57.5 Å². The minimum Gasteiger partial charge on any atom is -0.507 e. The Morgan fingerprint density at radius 1 is 1.36 bits per heavy atom. The lowest BCUT2D eigenvalue weighted by atomic mass is 10.3. The molecule has 76 valence electrons. The molecule has 0 saturated carbocycles. The Bertz CT molecular complexity index is 312. The van der Waals surface area contributed by atoms with Crippen molar-refractivity contribution in [2.45, 2.75) is 17.7 Å². The first-order valence-corrected chi connectivity index (χ1v) is 5.31. The smallest absolute Gasteiger partial charge is 0.303 e. The number of rotatable bonds is 5. The van der Waals surface area contributed by atoms with Gasteiger partial charge in [0.2, 0.25) is 0 Å². The average molecular weight is 212 g/mol. The maximum absolute atomic E-state index is 10.2. The van der Waals surface area contributed by atoms with E-state index in [0.29, 0.717) is 12.2 Å². The molecule has 0 heterocycles. The highest BCUT2D eigenvalue weighted by atomic mass is 32.2. The van der Waals surface area contributed by atoms with E-state index in [1.165, 1.54) is 11.8 Å². The van der Waals surface area contributed by atoms with Crippen molar-refractivity contribution < 1.29 is 15.0 Å². The average Bonchev–Trinajstić information content (AvgIpc) is 2.15. The number of hydrogen-bond donors (Lipinski definition) is 2. The first kappa shape index (κ1) is 10.9. The predicted octanol–water partition coefficient (Wildman–Crippen LogP) is 2.35.